The molecule has 1 unspecified atom stereocenters. The fourth-order valence-corrected chi connectivity index (χ4v) is 4.60. The van der Waals surface area contributed by atoms with E-state index in [-0.39, 0.29) is 18.2 Å². The van der Waals surface area contributed by atoms with Gasteiger partial charge in [-0.05, 0) is 63.4 Å². The van der Waals surface area contributed by atoms with E-state index in [1.165, 1.54) is 6.33 Å². The minimum absolute atomic E-state index is 0.0931. The van der Waals surface area contributed by atoms with Gasteiger partial charge in [0.15, 0.2) is 11.5 Å². The molecule has 6 nitrogen and oxygen atoms in total. The van der Waals surface area contributed by atoms with Crippen LogP contribution in [0.1, 0.15) is 63.0 Å². The molecule has 0 spiro atoms. The number of fused-ring (bicyclic) bond motifs is 1. The molecule has 172 valence electrons. The molecule has 3 N–H and O–H groups in total. The van der Waals surface area contributed by atoms with Gasteiger partial charge in [-0.15, -0.1) is 0 Å². The third-order valence-corrected chi connectivity index (χ3v) is 6.40. The largest absolute Gasteiger partial charge is 0.463 e. The molecule has 0 bridgehead atoms. The van der Waals surface area contributed by atoms with Crippen LogP contribution in [0.4, 0.5) is 24.7 Å². The third-order valence-electron chi connectivity index (χ3n) is 6.40. The summed E-state index contributed by atoms with van der Waals surface area (Å²) in [6.07, 6.45) is -2.64. The second-order valence-corrected chi connectivity index (χ2v) is 9.12. The van der Waals surface area contributed by atoms with Gasteiger partial charge in [0.2, 0.25) is 5.88 Å². The van der Waals surface area contributed by atoms with Crippen molar-refractivity contribution in [3.63, 3.8) is 0 Å². The molecule has 1 fully saturated rings. The Morgan fingerprint density at radius 1 is 1.12 bits per heavy atom. The summed E-state index contributed by atoms with van der Waals surface area (Å²) < 4.78 is 43.9. The fourth-order valence-electron chi connectivity index (χ4n) is 4.60. The van der Waals surface area contributed by atoms with Crippen molar-refractivity contribution in [2.75, 3.05) is 5.73 Å². The van der Waals surface area contributed by atoms with E-state index in [1.54, 1.807) is 0 Å². The summed E-state index contributed by atoms with van der Waals surface area (Å²) >= 11 is 0. The average Bonchev–Trinajstić information content (AvgIpc) is 2.73. The molecule has 0 radical (unpaired) electrons. The molecule has 2 heterocycles. The van der Waals surface area contributed by atoms with Crippen LogP contribution in [0.5, 0.6) is 5.88 Å². The Bertz CT molecular complexity index is 997. The van der Waals surface area contributed by atoms with Gasteiger partial charge in [-0.25, -0.2) is 9.98 Å². The summed E-state index contributed by atoms with van der Waals surface area (Å²) in [4.78, 5) is 12.8. The molecule has 1 aromatic carbocycles. The van der Waals surface area contributed by atoms with E-state index in [2.05, 4.69) is 9.97 Å². The second kappa shape index (κ2) is 8.35. The van der Waals surface area contributed by atoms with E-state index in [0.717, 1.165) is 29.7 Å². The van der Waals surface area contributed by atoms with Crippen molar-refractivity contribution < 1.29 is 23.0 Å². The number of aromatic nitrogens is 2. The first-order valence-electron chi connectivity index (χ1n) is 10.8. The van der Waals surface area contributed by atoms with Crippen LogP contribution in [0.25, 0.3) is 0 Å². The number of nitrogen functional groups attached to an aromatic ring is 1. The first kappa shape index (κ1) is 22.5. The Labute approximate surface area is 184 Å². The molecule has 1 saturated carbocycles. The lowest BCUT2D eigenvalue weighted by Crippen LogP contribution is -2.41. The van der Waals surface area contributed by atoms with E-state index in [9.17, 15) is 18.3 Å². The highest BCUT2D eigenvalue weighted by Gasteiger charge is 2.40. The first-order valence-corrected chi connectivity index (χ1v) is 10.8. The maximum absolute atomic E-state index is 12.6. The zero-order chi connectivity index (χ0) is 23.1. The molecule has 9 heteroatoms. The zero-order valence-electron chi connectivity index (χ0n) is 18.1. The summed E-state index contributed by atoms with van der Waals surface area (Å²) in [5.74, 6) is 0.817. The molecule has 2 aromatic rings. The van der Waals surface area contributed by atoms with Crippen LogP contribution in [-0.2, 0) is 0 Å². The van der Waals surface area contributed by atoms with Gasteiger partial charge < -0.3 is 15.6 Å². The van der Waals surface area contributed by atoms with Gasteiger partial charge in [-0.3, -0.25) is 0 Å². The van der Waals surface area contributed by atoms with Gasteiger partial charge in [-0.1, -0.05) is 24.3 Å². The summed E-state index contributed by atoms with van der Waals surface area (Å²) in [6, 6.07) is 8.07. The summed E-state index contributed by atoms with van der Waals surface area (Å²) in [5, 5.41) is 9.33. The second-order valence-electron chi connectivity index (χ2n) is 9.12. The smallest absolute Gasteiger partial charge is 0.414 e. The molecule has 32 heavy (non-hydrogen) atoms. The van der Waals surface area contributed by atoms with Gasteiger partial charge in [0.1, 0.15) is 18.0 Å². The van der Waals surface area contributed by atoms with Crippen molar-refractivity contribution in [1.82, 2.24) is 9.97 Å². The number of nitrogens with two attached hydrogens (primary N) is 1. The number of benzene rings is 1. The van der Waals surface area contributed by atoms with Crippen molar-refractivity contribution in [3.05, 3.63) is 41.7 Å². The van der Waals surface area contributed by atoms with Gasteiger partial charge in [-0.2, -0.15) is 18.2 Å². The maximum atomic E-state index is 12.6. The highest BCUT2D eigenvalue weighted by Crippen LogP contribution is 2.41. The van der Waals surface area contributed by atoms with E-state index in [0.29, 0.717) is 30.3 Å². The standard InChI is InChI=1S/C23H27F3N4O2/c1-22(2)19(30-18-20(27)28-12-29-21(18)32-22)16-9-7-15(8-10-16)14-5-3-13(4-6-14)11-17(31)23(24,25)26/h7-10,12-14,17,31H,3-6,11H2,1-2H3,(H2,27,28,29)/t13-,14-,17?. The quantitative estimate of drug-likeness (QED) is 0.691. The van der Waals surface area contributed by atoms with E-state index >= 15 is 0 Å². The van der Waals surface area contributed by atoms with Gasteiger partial charge in [0, 0.05) is 5.56 Å². The Morgan fingerprint density at radius 2 is 1.78 bits per heavy atom. The van der Waals surface area contributed by atoms with E-state index < -0.39 is 17.9 Å². The van der Waals surface area contributed by atoms with Crippen LogP contribution in [-0.4, -0.2) is 38.7 Å². The van der Waals surface area contributed by atoms with Crippen LogP contribution in [0, 0.1) is 5.92 Å². The Morgan fingerprint density at radius 3 is 2.41 bits per heavy atom. The van der Waals surface area contributed by atoms with Crippen LogP contribution < -0.4 is 10.5 Å². The zero-order valence-corrected chi connectivity index (χ0v) is 18.1. The van der Waals surface area contributed by atoms with Crippen LogP contribution >= 0.6 is 0 Å². The number of rotatable bonds is 4. The van der Waals surface area contributed by atoms with Crippen molar-refractivity contribution in [2.45, 2.75) is 69.8 Å². The fraction of sp³-hybridized carbons (Fsp3) is 0.522. The average molecular weight is 448 g/mol. The predicted octanol–water partition coefficient (Wildman–Crippen LogP) is 4.94. The molecular weight excluding hydrogens is 421 g/mol. The minimum atomic E-state index is -4.54. The SMILES string of the molecule is CC1(C)Oc2ncnc(N)c2N=C1c1ccc([C@H]2CC[C@H](CC(O)C(F)(F)F)CC2)cc1. The van der Waals surface area contributed by atoms with Gasteiger partial charge >= 0.3 is 6.18 Å². The molecule has 1 atom stereocenters. The lowest BCUT2D eigenvalue weighted by Gasteiger charge is -2.32. The van der Waals surface area contributed by atoms with Crippen molar-refractivity contribution >= 4 is 17.2 Å². The van der Waals surface area contributed by atoms with Crippen LogP contribution in [0.3, 0.4) is 0 Å². The number of aliphatic hydroxyl groups is 1. The number of aliphatic imine (C=N–C) groups is 1. The van der Waals surface area contributed by atoms with Gasteiger partial charge in [0.25, 0.3) is 0 Å². The Hall–Kier alpha value is -2.68. The normalized spacial score (nSPS) is 23.6. The first-order chi connectivity index (χ1) is 15.0. The number of halogens is 3. The molecule has 1 aliphatic carbocycles. The molecule has 4 rings (SSSR count). The number of ether oxygens (including phenoxy) is 1. The van der Waals surface area contributed by atoms with E-state index in [4.69, 9.17) is 15.5 Å². The lowest BCUT2D eigenvalue weighted by atomic mass is 9.76. The van der Waals surface area contributed by atoms with Crippen LogP contribution in [0.2, 0.25) is 0 Å². The monoisotopic (exact) mass is 448 g/mol. The number of hydrogen-bond donors (Lipinski definition) is 2. The summed E-state index contributed by atoms with van der Waals surface area (Å²) in [7, 11) is 0. The minimum Gasteiger partial charge on any atom is -0.463 e. The molecule has 2 aliphatic rings. The number of hydrogen-bond acceptors (Lipinski definition) is 6. The topological polar surface area (TPSA) is 93.6 Å². The number of anilines is 1. The van der Waals surface area contributed by atoms with Crippen molar-refractivity contribution in [2.24, 2.45) is 10.9 Å². The lowest BCUT2D eigenvalue weighted by molar-refractivity contribution is -0.209. The maximum Gasteiger partial charge on any atom is 0.414 e. The van der Waals surface area contributed by atoms with Crippen molar-refractivity contribution in [3.8, 4) is 5.88 Å². The number of alkyl halides is 3. The Balaban J connectivity index is 1.46. The van der Waals surface area contributed by atoms with Gasteiger partial charge in [0.05, 0.1) is 5.71 Å². The Kier molecular flexibility index (Phi) is 5.87. The molecule has 0 saturated heterocycles. The molecule has 0 amide bonds. The van der Waals surface area contributed by atoms with Crippen LogP contribution in [0.15, 0.2) is 35.6 Å². The number of aliphatic hydroxyl groups excluding tert-OH is 1. The third kappa shape index (κ3) is 4.57. The van der Waals surface area contributed by atoms with E-state index in [1.807, 2.05) is 38.1 Å². The molecular formula is C23H27F3N4O2. The predicted molar refractivity (Wildman–Crippen MR) is 115 cm³/mol. The highest BCUT2D eigenvalue weighted by atomic mass is 19.4. The molecule has 1 aromatic heterocycles. The van der Waals surface area contributed by atoms with Crippen molar-refractivity contribution in [1.29, 1.82) is 0 Å². The summed E-state index contributed by atoms with van der Waals surface area (Å²) in [6.45, 7) is 3.83. The molecule has 1 aliphatic heterocycles. The highest BCUT2D eigenvalue weighted by molar-refractivity contribution is 6.09. The number of nitrogens with zero attached hydrogens (tertiary/aromatic N) is 3. The summed E-state index contributed by atoms with van der Waals surface area (Å²) in [5.41, 5.74) is 8.44.